The van der Waals surface area contributed by atoms with E-state index in [-0.39, 0.29) is 18.5 Å². The zero-order valence-corrected chi connectivity index (χ0v) is 15.2. The quantitative estimate of drug-likeness (QED) is 0.459. The van der Waals surface area contributed by atoms with Crippen LogP contribution in [0.4, 0.5) is 5.82 Å². The van der Waals surface area contributed by atoms with E-state index in [0.717, 1.165) is 33.3 Å². The van der Waals surface area contributed by atoms with Crippen LogP contribution in [-0.2, 0) is 9.53 Å². The molecule has 8 nitrogen and oxygen atoms in total. The first-order valence-electron chi connectivity index (χ1n) is 8.69. The van der Waals surface area contributed by atoms with Crippen LogP contribution in [0.5, 0.6) is 0 Å². The van der Waals surface area contributed by atoms with Gasteiger partial charge in [-0.15, -0.1) is 0 Å². The molecule has 5 heterocycles. The van der Waals surface area contributed by atoms with Crippen LogP contribution in [-0.4, -0.2) is 32.7 Å². The molecular formula is C19H13N5O3S. The van der Waals surface area contributed by atoms with Crippen molar-refractivity contribution in [2.75, 3.05) is 11.9 Å². The second kappa shape index (κ2) is 5.77. The lowest BCUT2D eigenvalue weighted by molar-refractivity contribution is -0.136. The molecule has 0 amide bonds. The number of rotatable bonds is 3. The number of imidazole rings is 1. The van der Waals surface area contributed by atoms with E-state index in [4.69, 9.17) is 9.15 Å². The average Bonchev–Trinajstić information content (AvgIpc) is 3.47. The number of para-hydroxylation sites is 2. The Kier molecular flexibility index (Phi) is 3.21. The van der Waals surface area contributed by atoms with Crippen LogP contribution < -0.4 is 5.32 Å². The van der Waals surface area contributed by atoms with Gasteiger partial charge in [0, 0.05) is 5.56 Å². The summed E-state index contributed by atoms with van der Waals surface area (Å²) in [6, 6.07) is 11.6. The summed E-state index contributed by atoms with van der Waals surface area (Å²) in [5.41, 5.74) is 4.05. The topological polar surface area (TPSA) is 109 Å². The van der Waals surface area contributed by atoms with Gasteiger partial charge in [0.1, 0.15) is 18.2 Å². The average molecular weight is 391 g/mol. The van der Waals surface area contributed by atoms with E-state index >= 15 is 0 Å². The summed E-state index contributed by atoms with van der Waals surface area (Å²) >= 11 is 1.40. The minimum Gasteiger partial charge on any atom is -0.456 e. The van der Waals surface area contributed by atoms with E-state index < -0.39 is 0 Å². The zero-order valence-electron chi connectivity index (χ0n) is 14.4. The van der Waals surface area contributed by atoms with E-state index in [1.165, 1.54) is 11.8 Å². The minimum absolute atomic E-state index is 0.227. The number of fused-ring (bicyclic) bond motifs is 2. The number of carbonyl (C=O) groups is 1. The Morgan fingerprint density at radius 1 is 1.18 bits per heavy atom. The highest BCUT2D eigenvalue weighted by atomic mass is 32.2. The third kappa shape index (κ3) is 2.29. The highest BCUT2D eigenvalue weighted by molar-refractivity contribution is 7.99. The SMILES string of the molecule is O=C1OCC2=C1C(c1ccc(Sc3nc4ccccc4[nH]3)o1)c1cn[nH]c1N2. The third-order valence-electron chi connectivity index (χ3n) is 4.89. The minimum atomic E-state index is -0.356. The summed E-state index contributed by atoms with van der Waals surface area (Å²) in [4.78, 5) is 20.1. The number of hydrogen-bond acceptors (Lipinski definition) is 7. The molecule has 9 heteroatoms. The molecule has 6 rings (SSSR count). The lowest BCUT2D eigenvalue weighted by Crippen LogP contribution is -2.18. The number of cyclic esters (lactones) is 1. The Morgan fingerprint density at radius 2 is 2.11 bits per heavy atom. The molecule has 2 aliphatic heterocycles. The number of esters is 1. The monoisotopic (exact) mass is 391 g/mol. The summed E-state index contributed by atoms with van der Waals surface area (Å²) in [6.45, 7) is 0.227. The fourth-order valence-electron chi connectivity index (χ4n) is 3.65. The summed E-state index contributed by atoms with van der Waals surface area (Å²) in [5.74, 6) is 0.728. The Labute approximate surface area is 162 Å². The number of ether oxygens (including phenoxy) is 1. The van der Waals surface area contributed by atoms with Crippen LogP contribution in [0.3, 0.4) is 0 Å². The molecule has 1 unspecified atom stereocenters. The first kappa shape index (κ1) is 15.6. The van der Waals surface area contributed by atoms with Crippen LogP contribution in [0.2, 0.25) is 0 Å². The maximum absolute atomic E-state index is 12.3. The van der Waals surface area contributed by atoms with Gasteiger partial charge < -0.3 is 19.5 Å². The Balaban J connectivity index is 1.36. The molecule has 138 valence electrons. The smallest absolute Gasteiger partial charge is 0.337 e. The van der Waals surface area contributed by atoms with Crippen molar-refractivity contribution in [1.82, 2.24) is 20.2 Å². The molecule has 2 aliphatic rings. The third-order valence-corrected chi connectivity index (χ3v) is 5.70. The van der Waals surface area contributed by atoms with Crippen molar-refractivity contribution >= 4 is 34.6 Å². The van der Waals surface area contributed by atoms with E-state index in [2.05, 4.69) is 25.5 Å². The molecule has 0 fully saturated rings. The fourth-order valence-corrected chi connectivity index (χ4v) is 4.42. The van der Waals surface area contributed by atoms with E-state index in [0.29, 0.717) is 16.4 Å². The van der Waals surface area contributed by atoms with E-state index in [1.807, 2.05) is 36.4 Å². The van der Waals surface area contributed by atoms with Gasteiger partial charge in [-0.2, -0.15) is 5.10 Å². The second-order valence-electron chi connectivity index (χ2n) is 6.54. The second-order valence-corrected chi connectivity index (χ2v) is 7.54. The van der Waals surface area contributed by atoms with Crippen LogP contribution in [0.1, 0.15) is 17.2 Å². The first-order valence-corrected chi connectivity index (χ1v) is 9.51. The molecule has 0 saturated heterocycles. The van der Waals surface area contributed by atoms with Gasteiger partial charge in [-0.25, -0.2) is 9.78 Å². The predicted molar refractivity (Wildman–Crippen MR) is 101 cm³/mol. The first-order chi connectivity index (χ1) is 13.8. The van der Waals surface area contributed by atoms with Gasteiger partial charge in [-0.3, -0.25) is 5.10 Å². The van der Waals surface area contributed by atoms with Gasteiger partial charge in [-0.05, 0) is 36.0 Å². The van der Waals surface area contributed by atoms with Crippen molar-refractivity contribution in [3.63, 3.8) is 0 Å². The highest BCUT2D eigenvalue weighted by Crippen LogP contribution is 2.44. The van der Waals surface area contributed by atoms with Gasteiger partial charge >= 0.3 is 5.97 Å². The number of furan rings is 1. The molecule has 0 bridgehead atoms. The number of carbonyl (C=O) groups excluding carboxylic acids is 1. The number of nitrogens with one attached hydrogen (secondary N) is 3. The van der Waals surface area contributed by atoms with Crippen LogP contribution in [0.25, 0.3) is 11.0 Å². The molecule has 1 atom stereocenters. The molecule has 1 aromatic carbocycles. The molecule has 4 aromatic rings. The fraction of sp³-hybridized carbons (Fsp3) is 0.105. The molecule has 28 heavy (non-hydrogen) atoms. The standard InChI is InChI=1S/C19H13N5O3S/c25-18-16-12(8-26-18)21-17-9(7-20-24-17)15(16)13-5-6-14(27-13)28-19-22-10-3-1-2-4-11(10)23-19/h1-7,15H,8H2,(H,22,23)(H2,20,21,24). The molecule has 3 N–H and O–H groups in total. The lowest BCUT2D eigenvalue weighted by Gasteiger charge is -2.21. The van der Waals surface area contributed by atoms with Gasteiger partial charge in [-0.1, -0.05) is 12.1 Å². The Hall–Kier alpha value is -3.46. The molecule has 3 aromatic heterocycles. The number of benzene rings is 1. The number of aromatic amines is 2. The maximum atomic E-state index is 12.3. The van der Waals surface area contributed by atoms with Crippen molar-refractivity contribution in [3.8, 4) is 0 Å². The predicted octanol–water partition coefficient (Wildman–Crippen LogP) is 3.40. The Morgan fingerprint density at radius 3 is 3.04 bits per heavy atom. The van der Waals surface area contributed by atoms with Crippen molar-refractivity contribution < 1.29 is 13.9 Å². The van der Waals surface area contributed by atoms with Gasteiger partial charge in [0.15, 0.2) is 10.2 Å². The maximum Gasteiger partial charge on any atom is 0.337 e. The molecule has 0 saturated carbocycles. The summed E-state index contributed by atoms with van der Waals surface area (Å²) in [5, 5.41) is 11.6. The van der Waals surface area contributed by atoms with Crippen molar-refractivity contribution in [1.29, 1.82) is 0 Å². The normalized spacial score (nSPS) is 18.1. The van der Waals surface area contributed by atoms with Crippen LogP contribution in [0, 0.1) is 0 Å². The number of nitrogens with zero attached hydrogens (tertiary/aromatic N) is 2. The Bertz CT molecular complexity index is 1230. The summed E-state index contributed by atoms with van der Waals surface area (Å²) in [7, 11) is 0. The van der Waals surface area contributed by atoms with Gasteiger partial charge in [0.25, 0.3) is 0 Å². The number of hydrogen-bond donors (Lipinski definition) is 3. The van der Waals surface area contributed by atoms with E-state index in [1.54, 1.807) is 6.20 Å². The number of aromatic nitrogens is 4. The molecule has 0 radical (unpaired) electrons. The largest absolute Gasteiger partial charge is 0.456 e. The van der Waals surface area contributed by atoms with Gasteiger partial charge in [0.2, 0.25) is 0 Å². The van der Waals surface area contributed by atoms with Crippen molar-refractivity contribution in [2.45, 2.75) is 16.2 Å². The summed E-state index contributed by atoms with van der Waals surface area (Å²) in [6.07, 6.45) is 1.71. The summed E-state index contributed by atoms with van der Waals surface area (Å²) < 4.78 is 11.3. The zero-order chi connectivity index (χ0) is 18.7. The van der Waals surface area contributed by atoms with Gasteiger partial charge in [0.05, 0.1) is 34.4 Å². The van der Waals surface area contributed by atoms with Crippen molar-refractivity contribution in [2.24, 2.45) is 0 Å². The van der Waals surface area contributed by atoms with Crippen LogP contribution >= 0.6 is 11.8 Å². The molecular weight excluding hydrogens is 378 g/mol. The lowest BCUT2D eigenvalue weighted by atomic mass is 9.87. The molecule has 0 spiro atoms. The van der Waals surface area contributed by atoms with Crippen LogP contribution in [0.15, 0.2) is 68.5 Å². The van der Waals surface area contributed by atoms with E-state index in [9.17, 15) is 4.79 Å². The number of anilines is 1. The highest BCUT2D eigenvalue weighted by Gasteiger charge is 2.40. The number of H-pyrrole nitrogens is 2. The molecule has 0 aliphatic carbocycles. The van der Waals surface area contributed by atoms with Crippen molar-refractivity contribution in [3.05, 3.63) is 65.2 Å².